The summed E-state index contributed by atoms with van der Waals surface area (Å²) in [6.45, 7) is 6.46. The van der Waals surface area contributed by atoms with Crippen LogP contribution in [0.5, 0.6) is 0 Å². The molecule has 0 saturated carbocycles. The first-order valence-electron chi connectivity index (χ1n) is 5.92. The molecule has 15 heavy (non-hydrogen) atoms. The first kappa shape index (κ1) is 14.9. The molecule has 0 radical (unpaired) electrons. The van der Waals surface area contributed by atoms with E-state index in [9.17, 15) is 8.42 Å². The van der Waals surface area contributed by atoms with Crippen molar-refractivity contribution in [1.29, 1.82) is 0 Å². The smallest absolute Gasteiger partial charge is 0.267 e. The Bertz CT molecular complexity index is 234. The Morgan fingerprint density at radius 2 is 1.73 bits per heavy atom. The molecule has 0 aliphatic rings. The molecule has 0 aromatic carbocycles. The van der Waals surface area contributed by atoms with Crippen molar-refractivity contribution < 1.29 is 12.6 Å². The summed E-state index contributed by atoms with van der Waals surface area (Å²) in [5, 5.41) is 0. The minimum Gasteiger partial charge on any atom is -0.270 e. The lowest BCUT2D eigenvalue weighted by molar-refractivity contribution is 0.314. The van der Waals surface area contributed by atoms with E-state index in [0.29, 0.717) is 12.5 Å². The molecule has 0 N–H and O–H groups in total. The van der Waals surface area contributed by atoms with Gasteiger partial charge in [-0.05, 0) is 18.8 Å². The summed E-state index contributed by atoms with van der Waals surface area (Å²) in [5.74, 6) is 0.695. The Hall–Kier alpha value is -0.0900. The first-order valence-corrected chi connectivity index (χ1v) is 7.50. The van der Waals surface area contributed by atoms with Gasteiger partial charge in [0.15, 0.2) is 0 Å². The Morgan fingerprint density at radius 1 is 1.07 bits per heavy atom. The summed E-state index contributed by atoms with van der Waals surface area (Å²) in [6.07, 6.45) is 4.76. The van der Waals surface area contributed by atoms with E-state index in [4.69, 9.17) is 4.18 Å². The van der Waals surface area contributed by atoms with Gasteiger partial charge in [-0.1, -0.05) is 40.0 Å². The predicted molar refractivity (Wildman–Crippen MR) is 63.3 cm³/mol. The molecule has 0 aliphatic heterocycles. The third kappa shape index (κ3) is 7.79. The monoisotopic (exact) mass is 236 g/mol. The fraction of sp³-hybridized carbons (Fsp3) is 1.00. The number of hydrogen-bond donors (Lipinski definition) is 0. The van der Waals surface area contributed by atoms with E-state index in [1.54, 1.807) is 0 Å². The zero-order chi connectivity index (χ0) is 11.7. The second kappa shape index (κ2) is 8.11. The van der Waals surface area contributed by atoms with Gasteiger partial charge in [0.1, 0.15) is 0 Å². The highest BCUT2D eigenvalue weighted by Gasteiger charge is 2.14. The molecular weight excluding hydrogens is 212 g/mol. The van der Waals surface area contributed by atoms with Crippen LogP contribution in [0.2, 0.25) is 0 Å². The molecule has 0 heterocycles. The number of hydrogen-bond acceptors (Lipinski definition) is 3. The molecule has 0 aromatic rings. The lowest BCUT2D eigenvalue weighted by atomic mass is 9.98. The molecule has 0 rings (SSSR count). The zero-order valence-electron chi connectivity index (χ0n) is 10.2. The minimum atomic E-state index is -3.27. The maximum absolute atomic E-state index is 11.4. The second-order valence-electron chi connectivity index (χ2n) is 3.94. The summed E-state index contributed by atoms with van der Waals surface area (Å²) in [7, 11) is -3.27. The van der Waals surface area contributed by atoms with Gasteiger partial charge in [0.25, 0.3) is 10.1 Å². The van der Waals surface area contributed by atoms with Crippen LogP contribution in [-0.4, -0.2) is 20.8 Å². The zero-order valence-corrected chi connectivity index (χ0v) is 11.0. The van der Waals surface area contributed by atoms with Gasteiger partial charge in [-0.25, -0.2) is 0 Å². The van der Waals surface area contributed by atoms with Gasteiger partial charge in [0.05, 0.1) is 12.4 Å². The van der Waals surface area contributed by atoms with Crippen LogP contribution in [0.4, 0.5) is 0 Å². The molecule has 3 nitrogen and oxygen atoms in total. The molecule has 1 unspecified atom stereocenters. The Kier molecular flexibility index (Phi) is 8.06. The summed E-state index contributed by atoms with van der Waals surface area (Å²) in [4.78, 5) is 0. The molecule has 0 spiro atoms. The Morgan fingerprint density at radius 3 is 2.20 bits per heavy atom. The summed E-state index contributed by atoms with van der Waals surface area (Å²) in [6, 6.07) is 0. The quantitative estimate of drug-likeness (QED) is 0.578. The molecule has 1 atom stereocenters. The van der Waals surface area contributed by atoms with Crippen LogP contribution < -0.4 is 0 Å². The highest BCUT2D eigenvalue weighted by atomic mass is 32.2. The maximum Gasteiger partial charge on any atom is 0.267 e. The van der Waals surface area contributed by atoms with Gasteiger partial charge in [-0.15, -0.1) is 0 Å². The first-order chi connectivity index (χ1) is 7.05. The van der Waals surface area contributed by atoms with Crippen molar-refractivity contribution in [3.8, 4) is 0 Å². The Labute approximate surface area is 94.3 Å². The largest absolute Gasteiger partial charge is 0.270 e. The molecule has 0 aromatic heterocycles. The highest BCUT2D eigenvalue weighted by Crippen LogP contribution is 2.16. The van der Waals surface area contributed by atoms with E-state index >= 15 is 0 Å². The molecular formula is C11H24O3S. The van der Waals surface area contributed by atoms with E-state index < -0.39 is 10.1 Å². The molecule has 0 aliphatic carbocycles. The van der Waals surface area contributed by atoms with Gasteiger partial charge in [0, 0.05) is 0 Å². The fourth-order valence-corrected chi connectivity index (χ4v) is 2.70. The minimum absolute atomic E-state index is 0.172. The van der Waals surface area contributed by atoms with Crippen LogP contribution in [-0.2, 0) is 14.3 Å². The predicted octanol–water partition coefficient (Wildman–Crippen LogP) is 2.96. The van der Waals surface area contributed by atoms with Crippen LogP contribution in [0.3, 0.4) is 0 Å². The van der Waals surface area contributed by atoms with Gasteiger partial charge in [0.2, 0.25) is 0 Å². The van der Waals surface area contributed by atoms with E-state index in [0.717, 1.165) is 32.1 Å². The van der Waals surface area contributed by atoms with Crippen LogP contribution in [0, 0.1) is 5.92 Å². The second-order valence-corrected chi connectivity index (χ2v) is 5.69. The summed E-state index contributed by atoms with van der Waals surface area (Å²) in [5.41, 5.74) is 0. The van der Waals surface area contributed by atoms with E-state index in [1.165, 1.54) is 0 Å². The third-order valence-corrected chi connectivity index (χ3v) is 3.78. The topological polar surface area (TPSA) is 43.4 Å². The van der Waals surface area contributed by atoms with Crippen LogP contribution in [0.1, 0.15) is 52.9 Å². The van der Waals surface area contributed by atoms with Crippen molar-refractivity contribution in [1.82, 2.24) is 0 Å². The average molecular weight is 236 g/mol. The average Bonchev–Trinajstić information content (AvgIpc) is 2.21. The third-order valence-electron chi connectivity index (χ3n) is 2.52. The molecule has 4 heteroatoms. The van der Waals surface area contributed by atoms with Crippen molar-refractivity contribution in [2.24, 2.45) is 5.92 Å². The van der Waals surface area contributed by atoms with E-state index in [-0.39, 0.29) is 5.75 Å². The van der Waals surface area contributed by atoms with Gasteiger partial charge < -0.3 is 0 Å². The van der Waals surface area contributed by atoms with Crippen LogP contribution in [0.15, 0.2) is 0 Å². The van der Waals surface area contributed by atoms with Gasteiger partial charge >= 0.3 is 0 Å². The van der Waals surface area contributed by atoms with Crippen molar-refractivity contribution in [2.45, 2.75) is 52.9 Å². The molecule has 0 amide bonds. The molecule has 0 saturated heterocycles. The van der Waals surface area contributed by atoms with Gasteiger partial charge in [-0.3, -0.25) is 4.18 Å². The van der Waals surface area contributed by atoms with Crippen LogP contribution in [0.25, 0.3) is 0 Å². The standard InChI is InChI=1S/C11H24O3S/c1-4-7-11(6-3)8-10-15(12,13)14-9-5-2/h11H,4-10H2,1-3H3. The highest BCUT2D eigenvalue weighted by molar-refractivity contribution is 7.86. The summed E-state index contributed by atoms with van der Waals surface area (Å²) >= 11 is 0. The van der Waals surface area contributed by atoms with E-state index in [2.05, 4.69) is 13.8 Å². The molecule has 92 valence electrons. The lowest BCUT2D eigenvalue weighted by Crippen LogP contribution is -2.14. The van der Waals surface area contributed by atoms with E-state index in [1.807, 2.05) is 6.92 Å². The van der Waals surface area contributed by atoms with Crippen molar-refractivity contribution >= 4 is 10.1 Å². The Balaban J connectivity index is 3.90. The lowest BCUT2D eigenvalue weighted by Gasteiger charge is -2.13. The SMILES string of the molecule is CCCOS(=O)(=O)CCC(CC)CCC. The van der Waals surface area contributed by atoms with Crippen molar-refractivity contribution in [2.75, 3.05) is 12.4 Å². The van der Waals surface area contributed by atoms with Crippen molar-refractivity contribution in [3.63, 3.8) is 0 Å². The number of rotatable bonds is 9. The van der Waals surface area contributed by atoms with Crippen LogP contribution >= 0.6 is 0 Å². The fourth-order valence-electron chi connectivity index (χ4n) is 1.54. The molecule has 0 bridgehead atoms. The maximum atomic E-state index is 11.4. The normalized spacial score (nSPS) is 14.1. The molecule has 0 fully saturated rings. The van der Waals surface area contributed by atoms with Gasteiger partial charge in [-0.2, -0.15) is 8.42 Å². The summed E-state index contributed by atoms with van der Waals surface area (Å²) < 4.78 is 27.6. The van der Waals surface area contributed by atoms with Crippen molar-refractivity contribution in [3.05, 3.63) is 0 Å².